The van der Waals surface area contributed by atoms with Gasteiger partial charge < -0.3 is 5.73 Å². The molecule has 28 heavy (non-hydrogen) atoms. The SMILES string of the molecule is Cc1ccc(C#Cc2cc([N+](=O)[O-])cc(C#Cc3ccc(C)cc3)c2N)cc1. The van der Waals surface area contributed by atoms with Gasteiger partial charge in [0.15, 0.2) is 0 Å². The molecular weight excluding hydrogens is 348 g/mol. The van der Waals surface area contributed by atoms with Crippen LogP contribution >= 0.6 is 0 Å². The molecule has 0 unspecified atom stereocenters. The topological polar surface area (TPSA) is 69.2 Å². The Morgan fingerprint density at radius 1 is 0.750 bits per heavy atom. The maximum absolute atomic E-state index is 11.3. The molecule has 0 spiro atoms. The number of nitrogen functional groups attached to an aromatic ring is 1. The van der Waals surface area contributed by atoms with E-state index in [2.05, 4.69) is 23.7 Å². The van der Waals surface area contributed by atoms with Crippen molar-refractivity contribution in [3.63, 3.8) is 0 Å². The fraction of sp³-hybridized carbons (Fsp3) is 0.0833. The number of benzene rings is 3. The van der Waals surface area contributed by atoms with Crippen molar-refractivity contribution >= 4 is 11.4 Å². The molecule has 4 heteroatoms. The highest BCUT2D eigenvalue weighted by molar-refractivity contribution is 5.70. The van der Waals surface area contributed by atoms with Crippen LogP contribution in [0.15, 0.2) is 60.7 Å². The van der Waals surface area contributed by atoms with E-state index >= 15 is 0 Å². The van der Waals surface area contributed by atoms with Gasteiger partial charge in [-0.1, -0.05) is 59.1 Å². The first-order valence-electron chi connectivity index (χ1n) is 8.67. The summed E-state index contributed by atoms with van der Waals surface area (Å²) >= 11 is 0. The zero-order chi connectivity index (χ0) is 20.1. The van der Waals surface area contributed by atoms with Crippen molar-refractivity contribution in [2.24, 2.45) is 0 Å². The van der Waals surface area contributed by atoms with Gasteiger partial charge in [-0.25, -0.2) is 0 Å². The van der Waals surface area contributed by atoms with E-state index in [0.717, 1.165) is 22.3 Å². The summed E-state index contributed by atoms with van der Waals surface area (Å²) < 4.78 is 0. The summed E-state index contributed by atoms with van der Waals surface area (Å²) in [5, 5.41) is 11.3. The molecule has 0 bridgehead atoms. The third kappa shape index (κ3) is 4.58. The number of anilines is 1. The average Bonchev–Trinajstić information content (AvgIpc) is 2.68. The molecule has 0 aliphatic heterocycles. The summed E-state index contributed by atoms with van der Waals surface area (Å²) in [5.41, 5.74) is 11.1. The second-order valence-corrected chi connectivity index (χ2v) is 6.44. The monoisotopic (exact) mass is 366 g/mol. The Kier molecular flexibility index (Phi) is 5.44. The summed E-state index contributed by atoms with van der Waals surface area (Å²) in [6.45, 7) is 3.99. The number of nitro benzene ring substituents is 1. The highest BCUT2D eigenvalue weighted by Crippen LogP contribution is 2.24. The van der Waals surface area contributed by atoms with Crippen molar-refractivity contribution in [1.29, 1.82) is 0 Å². The molecule has 3 aromatic carbocycles. The van der Waals surface area contributed by atoms with Gasteiger partial charge in [-0.2, -0.15) is 0 Å². The van der Waals surface area contributed by atoms with Crippen LogP contribution < -0.4 is 5.73 Å². The number of rotatable bonds is 1. The van der Waals surface area contributed by atoms with Crippen molar-refractivity contribution in [3.05, 3.63) is 104 Å². The predicted molar refractivity (Wildman–Crippen MR) is 112 cm³/mol. The van der Waals surface area contributed by atoms with Gasteiger partial charge in [0.1, 0.15) is 0 Å². The zero-order valence-corrected chi connectivity index (χ0v) is 15.6. The number of hydrogen-bond donors (Lipinski definition) is 1. The molecule has 4 nitrogen and oxygen atoms in total. The van der Waals surface area contributed by atoms with Crippen LogP contribution in [0.25, 0.3) is 0 Å². The van der Waals surface area contributed by atoms with Crippen LogP contribution in [0.4, 0.5) is 11.4 Å². The van der Waals surface area contributed by atoms with E-state index in [1.807, 2.05) is 62.4 Å². The van der Waals surface area contributed by atoms with Gasteiger partial charge >= 0.3 is 0 Å². The Bertz CT molecular complexity index is 1070. The van der Waals surface area contributed by atoms with Crippen LogP contribution in [0, 0.1) is 47.6 Å². The standard InChI is InChI=1S/C24H18N2O2/c1-17-3-7-19(8-4-17)11-13-21-15-23(26(27)28)16-22(24(21)25)14-12-20-9-5-18(2)6-10-20/h3-10,15-16H,25H2,1-2H3. The highest BCUT2D eigenvalue weighted by Gasteiger charge is 2.12. The van der Waals surface area contributed by atoms with Gasteiger partial charge in [-0.15, -0.1) is 0 Å². The molecule has 0 aliphatic carbocycles. The first kappa shape index (κ1) is 18.8. The molecular formula is C24H18N2O2. The van der Waals surface area contributed by atoms with Crippen LogP contribution in [0.1, 0.15) is 33.4 Å². The van der Waals surface area contributed by atoms with E-state index in [4.69, 9.17) is 5.73 Å². The fourth-order valence-electron chi connectivity index (χ4n) is 2.50. The van der Waals surface area contributed by atoms with Crippen molar-refractivity contribution in [2.45, 2.75) is 13.8 Å². The van der Waals surface area contributed by atoms with E-state index in [0.29, 0.717) is 16.8 Å². The van der Waals surface area contributed by atoms with Crippen molar-refractivity contribution < 1.29 is 4.92 Å². The molecule has 0 radical (unpaired) electrons. The number of hydrogen-bond acceptors (Lipinski definition) is 3. The van der Waals surface area contributed by atoms with Gasteiger partial charge in [0.25, 0.3) is 5.69 Å². The molecule has 0 aliphatic rings. The van der Waals surface area contributed by atoms with E-state index < -0.39 is 4.92 Å². The van der Waals surface area contributed by atoms with E-state index in [1.165, 1.54) is 12.1 Å². The van der Waals surface area contributed by atoms with Gasteiger partial charge in [-0.05, 0) is 38.1 Å². The highest BCUT2D eigenvalue weighted by atomic mass is 16.6. The van der Waals surface area contributed by atoms with Crippen molar-refractivity contribution in [3.8, 4) is 23.7 Å². The molecule has 3 aromatic rings. The van der Waals surface area contributed by atoms with Gasteiger partial charge in [0.2, 0.25) is 0 Å². The third-order valence-electron chi connectivity index (χ3n) is 4.16. The smallest absolute Gasteiger partial charge is 0.272 e. The Morgan fingerprint density at radius 3 is 1.50 bits per heavy atom. The van der Waals surface area contributed by atoms with Crippen LogP contribution in [0.3, 0.4) is 0 Å². The molecule has 3 rings (SSSR count). The second kappa shape index (κ2) is 8.12. The minimum Gasteiger partial charge on any atom is -0.397 e. The van der Waals surface area contributed by atoms with Crippen molar-refractivity contribution in [2.75, 3.05) is 5.73 Å². The van der Waals surface area contributed by atoms with E-state index in [1.54, 1.807) is 0 Å². The molecule has 2 N–H and O–H groups in total. The Morgan fingerprint density at radius 2 is 1.14 bits per heavy atom. The second-order valence-electron chi connectivity index (χ2n) is 6.44. The van der Waals surface area contributed by atoms with Gasteiger partial charge in [-0.3, -0.25) is 10.1 Å². The number of nitrogens with zero attached hydrogens (tertiary/aromatic N) is 1. The molecule has 0 fully saturated rings. The third-order valence-corrected chi connectivity index (χ3v) is 4.16. The molecule has 0 aromatic heterocycles. The Hall–Kier alpha value is -4.02. The lowest BCUT2D eigenvalue weighted by atomic mass is 10.0. The predicted octanol–water partition coefficient (Wildman–Crippen LogP) is 4.59. The minimum atomic E-state index is -0.465. The Labute approximate surface area is 164 Å². The van der Waals surface area contributed by atoms with E-state index in [9.17, 15) is 10.1 Å². The average molecular weight is 366 g/mol. The summed E-state index contributed by atoms with van der Waals surface area (Å²) in [4.78, 5) is 10.8. The minimum absolute atomic E-state index is 0.0874. The van der Waals surface area contributed by atoms with Crippen LogP contribution in [0.2, 0.25) is 0 Å². The maximum atomic E-state index is 11.3. The number of nitrogens with two attached hydrogens (primary N) is 1. The maximum Gasteiger partial charge on any atom is 0.272 e. The van der Waals surface area contributed by atoms with Crippen molar-refractivity contribution in [1.82, 2.24) is 0 Å². The summed E-state index contributed by atoms with van der Waals surface area (Å²) in [7, 11) is 0. The van der Waals surface area contributed by atoms with Crippen LogP contribution in [-0.2, 0) is 0 Å². The molecule has 0 saturated carbocycles. The first-order chi connectivity index (χ1) is 13.4. The summed E-state index contributed by atoms with van der Waals surface area (Å²) in [6.07, 6.45) is 0. The largest absolute Gasteiger partial charge is 0.397 e. The molecule has 136 valence electrons. The van der Waals surface area contributed by atoms with Gasteiger partial charge in [0, 0.05) is 23.3 Å². The van der Waals surface area contributed by atoms with Crippen LogP contribution in [-0.4, -0.2) is 4.92 Å². The van der Waals surface area contributed by atoms with Crippen LogP contribution in [0.5, 0.6) is 0 Å². The lowest BCUT2D eigenvalue weighted by Crippen LogP contribution is -1.98. The van der Waals surface area contributed by atoms with Gasteiger partial charge in [0.05, 0.1) is 21.7 Å². The zero-order valence-electron chi connectivity index (χ0n) is 15.6. The quantitative estimate of drug-likeness (QED) is 0.296. The number of nitro groups is 1. The lowest BCUT2D eigenvalue weighted by Gasteiger charge is -2.03. The van der Waals surface area contributed by atoms with E-state index in [-0.39, 0.29) is 5.69 Å². The summed E-state index contributed by atoms with van der Waals surface area (Å²) in [5.74, 6) is 11.9. The first-order valence-corrected chi connectivity index (χ1v) is 8.67. The Balaban J connectivity index is 2.03. The molecule has 0 atom stereocenters. The fourth-order valence-corrected chi connectivity index (χ4v) is 2.50. The molecule has 0 amide bonds. The number of aryl methyl sites for hydroxylation is 2. The number of non-ortho nitro benzene ring substituents is 1. The molecule has 0 saturated heterocycles. The normalized spacial score (nSPS) is 9.64. The lowest BCUT2D eigenvalue weighted by molar-refractivity contribution is -0.384. The summed E-state index contributed by atoms with van der Waals surface area (Å²) in [6, 6.07) is 18.2. The molecule has 0 heterocycles.